The van der Waals surface area contributed by atoms with E-state index in [0.29, 0.717) is 25.3 Å². The van der Waals surface area contributed by atoms with Crippen LogP contribution in [0, 0.1) is 0 Å². The molecule has 0 atom stereocenters. The van der Waals surface area contributed by atoms with Crippen molar-refractivity contribution in [2.75, 3.05) is 25.7 Å². The number of phenols is 1. The maximum Gasteiger partial charge on any atom is 0.160 e. The lowest BCUT2D eigenvalue weighted by Crippen LogP contribution is -2.17. The topological polar surface area (TPSA) is 75.6 Å². The van der Waals surface area contributed by atoms with Gasteiger partial charge in [-0.1, -0.05) is 6.07 Å². The Morgan fingerprint density at radius 2 is 2.11 bits per heavy atom. The van der Waals surface area contributed by atoms with E-state index in [0.717, 1.165) is 5.56 Å². The monoisotopic (exact) mass is 273 g/mol. The Labute approximate surface area is 108 Å². The van der Waals surface area contributed by atoms with Gasteiger partial charge in [-0.2, -0.15) is 0 Å². The molecule has 0 saturated heterocycles. The summed E-state index contributed by atoms with van der Waals surface area (Å²) in [5.74, 6) is 0.739. The molecular formula is C12H19NO4S. The van der Waals surface area contributed by atoms with E-state index in [1.165, 1.54) is 13.4 Å². The molecule has 0 aliphatic carbocycles. The molecule has 102 valence electrons. The highest BCUT2D eigenvalue weighted by Gasteiger charge is 2.03. The Balaban J connectivity index is 2.36. The van der Waals surface area contributed by atoms with Gasteiger partial charge in [0.25, 0.3) is 0 Å². The Hall–Kier alpha value is -1.27. The summed E-state index contributed by atoms with van der Waals surface area (Å²) >= 11 is 0. The van der Waals surface area contributed by atoms with Crippen LogP contribution in [0.5, 0.6) is 11.5 Å². The molecule has 1 rings (SSSR count). The second-order valence-electron chi connectivity index (χ2n) is 4.17. The molecule has 0 heterocycles. The smallest absolute Gasteiger partial charge is 0.160 e. The van der Waals surface area contributed by atoms with Gasteiger partial charge in [0.2, 0.25) is 0 Å². The van der Waals surface area contributed by atoms with Crippen LogP contribution in [0.4, 0.5) is 0 Å². The molecule has 2 N–H and O–H groups in total. The van der Waals surface area contributed by atoms with Gasteiger partial charge in [-0.15, -0.1) is 0 Å². The van der Waals surface area contributed by atoms with Crippen molar-refractivity contribution in [3.8, 4) is 11.5 Å². The first-order valence-electron chi connectivity index (χ1n) is 5.66. The summed E-state index contributed by atoms with van der Waals surface area (Å²) in [7, 11) is -1.38. The molecule has 1 aromatic carbocycles. The molecule has 0 fully saturated rings. The molecule has 0 radical (unpaired) electrons. The van der Waals surface area contributed by atoms with Crippen molar-refractivity contribution in [3.05, 3.63) is 23.8 Å². The van der Waals surface area contributed by atoms with Gasteiger partial charge in [-0.25, -0.2) is 8.42 Å². The quantitative estimate of drug-likeness (QED) is 0.723. The standard InChI is InChI=1S/C12H19NO4S/c1-17-12-8-10(4-5-11(12)14)9-13-6-3-7-18(2,15)16/h4-5,8,13-14H,3,6-7,9H2,1-2H3. The average Bonchev–Trinajstić information content (AvgIpc) is 2.29. The fraction of sp³-hybridized carbons (Fsp3) is 0.500. The van der Waals surface area contributed by atoms with Crippen molar-refractivity contribution in [1.29, 1.82) is 0 Å². The Morgan fingerprint density at radius 3 is 2.72 bits per heavy atom. The molecule has 5 nitrogen and oxygen atoms in total. The molecule has 1 aromatic rings. The summed E-state index contributed by atoms with van der Waals surface area (Å²) in [6.45, 7) is 1.25. The molecule has 6 heteroatoms. The fourth-order valence-electron chi connectivity index (χ4n) is 1.52. The summed E-state index contributed by atoms with van der Waals surface area (Å²) < 4.78 is 26.8. The van der Waals surface area contributed by atoms with Crippen LogP contribution in [0.1, 0.15) is 12.0 Å². The number of phenolic OH excluding ortho intramolecular Hbond substituents is 1. The van der Waals surface area contributed by atoms with Gasteiger partial charge in [0, 0.05) is 12.8 Å². The minimum Gasteiger partial charge on any atom is -0.504 e. The van der Waals surface area contributed by atoms with Crippen LogP contribution >= 0.6 is 0 Å². The van der Waals surface area contributed by atoms with E-state index >= 15 is 0 Å². The summed E-state index contributed by atoms with van der Waals surface area (Å²) in [6, 6.07) is 5.12. The van der Waals surface area contributed by atoms with Crippen LogP contribution in [0.15, 0.2) is 18.2 Å². The summed E-state index contributed by atoms with van der Waals surface area (Å²) in [5, 5.41) is 12.6. The van der Waals surface area contributed by atoms with Gasteiger partial charge in [-0.05, 0) is 30.7 Å². The minimum absolute atomic E-state index is 0.110. The zero-order valence-corrected chi connectivity index (χ0v) is 11.5. The van der Waals surface area contributed by atoms with E-state index in [2.05, 4.69) is 5.32 Å². The van der Waals surface area contributed by atoms with Crippen LogP contribution in [0.3, 0.4) is 0 Å². The molecule has 0 unspecified atom stereocenters. The summed E-state index contributed by atoms with van der Waals surface area (Å²) in [6.07, 6.45) is 1.83. The number of hydrogen-bond donors (Lipinski definition) is 2. The molecule has 18 heavy (non-hydrogen) atoms. The summed E-state index contributed by atoms with van der Waals surface area (Å²) in [4.78, 5) is 0. The lowest BCUT2D eigenvalue weighted by atomic mass is 10.2. The van der Waals surface area contributed by atoms with Gasteiger partial charge in [0.15, 0.2) is 11.5 Å². The first-order valence-corrected chi connectivity index (χ1v) is 7.73. The molecule has 0 aromatic heterocycles. The predicted molar refractivity (Wildman–Crippen MR) is 70.7 cm³/mol. The Kier molecular flexibility index (Phi) is 5.43. The lowest BCUT2D eigenvalue weighted by Gasteiger charge is -2.07. The lowest BCUT2D eigenvalue weighted by molar-refractivity contribution is 0.373. The second-order valence-corrected chi connectivity index (χ2v) is 6.43. The van der Waals surface area contributed by atoms with Gasteiger partial charge in [0.05, 0.1) is 12.9 Å². The number of aromatic hydroxyl groups is 1. The van der Waals surface area contributed by atoms with Crippen molar-refractivity contribution < 1.29 is 18.3 Å². The maximum atomic E-state index is 10.9. The third-order valence-electron chi connectivity index (χ3n) is 2.44. The molecule has 0 amide bonds. The molecule has 0 bridgehead atoms. The van der Waals surface area contributed by atoms with Gasteiger partial charge >= 0.3 is 0 Å². The van der Waals surface area contributed by atoms with E-state index in [-0.39, 0.29) is 11.5 Å². The van der Waals surface area contributed by atoms with E-state index in [4.69, 9.17) is 4.74 Å². The fourth-order valence-corrected chi connectivity index (χ4v) is 2.19. The van der Waals surface area contributed by atoms with E-state index in [1.807, 2.05) is 0 Å². The third-order valence-corrected chi connectivity index (χ3v) is 3.47. The van der Waals surface area contributed by atoms with Crippen molar-refractivity contribution in [3.63, 3.8) is 0 Å². The molecule has 0 aliphatic heterocycles. The van der Waals surface area contributed by atoms with E-state index in [9.17, 15) is 13.5 Å². The normalized spacial score (nSPS) is 11.4. The van der Waals surface area contributed by atoms with Crippen molar-refractivity contribution in [2.24, 2.45) is 0 Å². The van der Waals surface area contributed by atoms with Crippen molar-refractivity contribution >= 4 is 9.84 Å². The highest BCUT2D eigenvalue weighted by molar-refractivity contribution is 7.90. The van der Waals surface area contributed by atoms with Crippen LogP contribution in [-0.4, -0.2) is 39.2 Å². The number of methoxy groups -OCH3 is 1. The number of ether oxygens (including phenoxy) is 1. The number of sulfone groups is 1. The Morgan fingerprint density at radius 1 is 1.39 bits per heavy atom. The van der Waals surface area contributed by atoms with Gasteiger partial charge in [-0.3, -0.25) is 0 Å². The molecular weight excluding hydrogens is 254 g/mol. The van der Waals surface area contributed by atoms with Gasteiger partial charge in [0.1, 0.15) is 9.84 Å². The zero-order chi connectivity index (χ0) is 13.6. The Bertz CT molecular complexity index is 485. The number of benzene rings is 1. The molecule has 0 saturated carbocycles. The molecule has 0 spiro atoms. The van der Waals surface area contributed by atoms with Crippen LogP contribution in [0.25, 0.3) is 0 Å². The largest absolute Gasteiger partial charge is 0.504 e. The highest BCUT2D eigenvalue weighted by Crippen LogP contribution is 2.25. The third kappa shape index (κ3) is 5.37. The van der Waals surface area contributed by atoms with Crippen LogP contribution < -0.4 is 10.1 Å². The second kappa shape index (κ2) is 6.61. The van der Waals surface area contributed by atoms with E-state index < -0.39 is 9.84 Å². The first-order chi connectivity index (χ1) is 8.42. The SMILES string of the molecule is COc1cc(CNCCCS(C)(=O)=O)ccc1O. The number of nitrogens with one attached hydrogen (secondary N) is 1. The number of rotatable bonds is 7. The predicted octanol–water partition coefficient (Wildman–Crippen LogP) is 0.925. The minimum atomic E-state index is -2.88. The zero-order valence-electron chi connectivity index (χ0n) is 10.6. The average molecular weight is 273 g/mol. The van der Waals surface area contributed by atoms with Crippen molar-refractivity contribution in [2.45, 2.75) is 13.0 Å². The summed E-state index contributed by atoms with van der Waals surface area (Å²) in [5.41, 5.74) is 0.976. The van der Waals surface area contributed by atoms with Crippen LogP contribution in [0.2, 0.25) is 0 Å². The van der Waals surface area contributed by atoms with Crippen molar-refractivity contribution in [1.82, 2.24) is 5.32 Å². The highest BCUT2D eigenvalue weighted by atomic mass is 32.2. The first kappa shape index (κ1) is 14.8. The molecule has 0 aliphatic rings. The van der Waals surface area contributed by atoms with Gasteiger partial charge < -0.3 is 15.2 Å². The maximum absolute atomic E-state index is 10.9. The van der Waals surface area contributed by atoms with E-state index in [1.54, 1.807) is 18.2 Å². The number of hydrogen-bond acceptors (Lipinski definition) is 5. The van der Waals surface area contributed by atoms with Crippen LogP contribution in [-0.2, 0) is 16.4 Å².